The number of benzene rings is 1. The van der Waals surface area contributed by atoms with Crippen molar-refractivity contribution in [3.05, 3.63) is 24.3 Å². The van der Waals surface area contributed by atoms with E-state index in [2.05, 4.69) is 0 Å². The van der Waals surface area contributed by atoms with Crippen molar-refractivity contribution in [3.8, 4) is 11.5 Å². The average Bonchev–Trinajstić information content (AvgIpc) is 2.59. The number of rotatable bonds is 6. The first kappa shape index (κ1) is 17.6. The number of aliphatic carboxylic acids is 1. The molecule has 8 nitrogen and oxygen atoms in total. The molecule has 1 fully saturated rings. The number of piperazine rings is 1. The average molecular weight is 336 g/mol. The van der Waals surface area contributed by atoms with E-state index in [1.165, 1.54) is 4.90 Å². The fraction of sp³-hybridized carbons (Fsp3) is 0.438. The van der Waals surface area contributed by atoms with Crippen LogP contribution in [0.3, 0.4) is 0 Å². The Bertz CT molecular complexity index is 593. The number of methoxy groups -OCH3 is 1. The molecule has 2 amide bonds. The van der Waals surface area contributed by atoms with Gasteiger partial charge < -0.3 is 24.4 Å². The number of nitrogens with zero attached hydrogens (tertiary/aromatic N) is 2. The summed E-state index contributed by atoms with van der Waals surface area (Å²) in [6.45, 7) is 1.32. The Morgan fingerprint density at radius 3 is 1.96 bits per heavy atom. The molecule has 1 aliphatic heterocycles. The molecule has 8 heteroatoms. The Morgan fingerprint density at radius 2 is 1.46 bits per heavy atom. The first-order chi connectivity index (χ1) is 11.5. The molecule has 0 bridgehead atoms. The summed E-state index contributed by atoms with van der Waals surface area (Å²) >= 11 is 0. The second-order valence-electron chi connectivity index (χ2n) is 5.30. The van der Waals surface area contributed by atoms with E-state index in [0.29, 0.717) is 37.7 Å². The standard InChI is InChI=1S/C16H20N2O6/c1-23-12-2-4-13(5-3-12)24-11-15(20)18-8-6-17(7-9-18)14(19)10-16(21)22/h2-5H,6-11H2,1H3,(H,21,22). The number of hydrogen-bond donors (Lipinski definition) is 1. The van der Waals surface area contributed by atoms with Gasteiger partial charge in [0.25, 0.3) is 5.91 Å². The van der Waals surface area contributed by atoms with Gasteiger partial charge in [0.05, 0.1) is 7.11 Å². The van der Waals surface area contributed by atoms with E-state index in [4.69, 9.17) is 14.6 Å². The number of amides is 2. The van der Waals surface area contributed by atoms with Crippen molar-refractivity contribution in [2.24, 2.45) is 0 Å². The maximum atomic E-state index is 12.1. The van der Waals surface area contributed by atoms with Gasteiger partial charge in [-0.25, -0.2) is 0 Å². The third-order valence-corrected chi connectivity index (χ3v) is 3.71. The topological polar surface area (TPSA) is 96.4 Å². The van der Waals surface area contributed by atoms with Crippen molar-refractivity contribution in [1.29, 1.82) is 0 Å². The van der Waals surface area contributed by atoms with Crippen LogP contribution in [0, 0.1) is 0 Å². The van der Waals surface area contributed by atoms with Gasteiger partial charge in [0, 0.05) is 26.2 Å². The zero-order chi connectivity index (χ0) is 17.5. The molecule has 1 aliphatic rings. The zero-order valence-corrected chi connectivity index (χ0v) is 13.4. The Kier molecular flexibility index (Phi) is 6.00. The second-order valence-corrected chi connectivity index (χ2v) is 5.30. The smallest absolute Gasteiger partial charge is 0.312 e. The highest BCUT2D eigenvalue weighted by molar-refractivity contribution is 5.93. The van der Waals surface area contributed by atoms with Crippen LogP contribution in [0.4, 0.5) is 0 Å². The highest BCUT2D eigenvalue weighted by Gasteiger charge is 2.25. The van der Waals surface area contributed by atoms with Gasteiger partial charge >= 0.3 is 5.97 Å². The molecule has 0 aromatic heterocycles. The van der Waals surface area contributed by atoms with E-state index in [1.807, 2.05) is 0 Å². The summed E-state index contributed by atoms with van der Waals surface area (Å²) in [5.74, 6) is -0.470. The molecule has 1 heterocycles. The lowest BCUT2D eigenvalue weighted by molar-refractivity contribution is -0.147. The first-order valence-electron chi connectivity index (χ1n) is 7.54. The summed E-state index contributed by atoms with van der Waals surface area (Å²) < 4.78 is 10.5. The highest BCUT2D eigenvalue weighted by Crippen LogP contribution is 2.17. The summed E-state index contributed by atoms with van der Waals surface area (Å²) in [6.07, 6.45) is -0.519. The zero-order valence-electron chi connectivity index (χ0n) is 13.4. The van der Waals surface area contributed by atoms with Gasteiger partial charge in [0.15, 0.2) is 6.61 Å². The molecular weight excluding hydrogens is 316 g/mol. The largest absolute Gasteiger partial charge is 0.497 e. The van der Waals surface area contributed by atoms with Crippen molar-refractivity contribution < 1.29 is 29.0 Å². The molecule has 1 aromatic carbocycles. The molecule has 1 N–H and O–H groups in total. The Balaban J connectivity index is 1.76. The number of hydrogen-bond acceptors (Lipinski definition) is 5. The number of carbonyl (C=O) groups excluding carboxylic acids is 2. The Labute approximate surface area is 139 Å². The van der Waals surface area contributed by atoms with E-state index in [-0.39, 0.29) is 12.5 Å². The minimum Gasteiger partial charge on any atom is -0.497 e. The molecule has 130 valence electrons. The van der Waals surface area contributed by atoms with Crippen LogP contribution in [0.25, 0.3) is 0 Å². The molecule has 0 spiro atoms. The van der Waals surface area contributed by atoms with Crippen molar-refractivity contribution >= 4 is 17.8 Å². The lowest BCUT2D eigenvalue weighted by Gasteiger charge is -2.34. The maximum Gasteiger partial charge on any atom is 0.312 e. The molecule has 0 unspecified atom stereocenters. The molecule has 0 saturated carbocycles. The van der Waals surface area contributed by atoms with Crippen molar-refractivity contribution in [1.82, 2.24) is 9.80 Å². The van der Waals surface area contributed by atoms with Crippen molar-refractivity contribution in [3.63, 3.8) is 0 Å². The van der Waals surface area contributed by atoms with Crippen LogP contribution < -0.4 is 9.47 Å². The lowest BCUT2D eigenvalue weighted by atomic mass is 10.2. The number of ether oxygens (including phenoxy) is 2. The number of carboxylic acid groups (broad SMARTS) is 1. The second kappa shape index (κ2) is 8.19. The summed E-state index contributed by atoms with van der Waals surface area (Å²) in [7, 11) is 1.57. The normalized spacial score (nSPS) is 14.2. The van der Waals surface area contributed by atoms with Crippen molar-refractivity contribution in [2.45, 2.75) is 6.42 Å². The molecule has 0 atom stereocenters. The molecule has 0 radical (unpaired) electrons. The summed E-state index contributed by atoms with van der Waals surface area (Å²) in [5.41, 5.74) is 0. The highest BCUT2D eigenvalue weighted by atomic mass is 16.5. The Morgan fingerprint density at radius 1 is 0.958 bits per heavy atom. The van der Waals surface area contributed by atoms with Crippen LogP contribution in [0.5, 0.6) is 11.5 Å². The minimum atomic E-state index is -1.15. The maximum absolute atomic E-state index is 12.1. The SMILES string of the molecule is COc1ccc(OCC(=O)N2CCN(C(=O)CC(=O)O)CC2)cc1. The van der Waals surface area contributed by atoms with Crippen LogP contribution in [0.2, 0.25) is 0 Å². The summed E-state index contributed by atoms with van der Waals surface area (Å²) in [4.78, 5) is 37.4. The predicted molar refractivity (Wildman–Crippen MR) is 83.9 cm³/mol. The van der Waals surface area contributed by atoms with E-state index in [9.17, 15) is 14.4 Å². The fourth-order valence-electron chi connectivity index (χ4n) is 2.35. The number of carboxylic acids is 1. The summed E-state index contributed by atoms with van der Waals surface area (Å²) in [5, 5.41) is 8.63. The van der Waals surface area contributed by atoms with E-state index in [0.717, 1.165) is 0 Å². The fourth-order valence-corrected chi connectivity index (χ4v) is 2.35. The van der Waals surface area contributed by atoms with Gasteiger partial charge in [-0.3, -0.25) is 14.4 Å². The van der Waals surface area contributed by atoms with Gasteiger partial charge in [-0.05, 0) is 24.3 Å². The number of carbonyl (C=O) groups is 3. The third kappa shape index (κ3) is 4.87. The molecular formula is C16H20N2O6. The molecule has 1 saturated heterocycles. The van der Waals surface area contributed by atoms with Crippen LogP contribution in [-0.4, -0.2) is 72.6 Å². The first-order valence-corrected chi connectivity index (χ1v) is 7.54. The van der Waals surface area contributed by atoms with Crippen LogP contribution in [0.15, 0.2) is 24.3 Å². The monoisotopic (exact) mass is 336 g/mol. The van der Waals surface area contributed by atoms with Gasteiger partial charge in [-0.1, -0.05) is 0 Å². The van der Waals surface area contributed by atoms with Gasteiger partial charge in [0.1, 0.15) is 17.9 Å². The van der Waals surface area contributed by atoms with Gasteiger partial charge in [-0.15, -0.1) is 0 Å². The molecule has 0 aliphatic carbocycles. The van der Waals surface area contributed by atoms with Gasteiger partial charge in [0.2, 0.25) is 5.91 Å². The quantitative estimate of drug-likeness (QED) is 0.747. The molecule has 24 heavy (non-hydrogen) atoms. The van der Waals surface area contributed by atoms with Crippen LogP contribution in [0.1, 0.15) is 6.42 Å². The van der Waals surface area contributed by atoms with E-state index >= 15 is 0 Å². The predicted octanol–water partition coefficient (Wildman–Crippen LogP) is 0.220. The van der Waals surface area contributed by atoms with Crippen LogP contribution in [-0.2, 0) is 14.4 Å². The van der Waals surface area contributed by atoms with Gasteiger partial charge in [-0.2, -0.15) is 0 Å². The minimum absolute atomic E-state index is 0.0879. The lowest BCUT2D eigenvalue weighted by Crippen LogP contribution is -2.51. The third-order valence-electron chi connectivity index (χ3n) is 3.71. The molecule has 2 rings (SSSR count). The van der Waals surface area contributed by atoms with Crippen LogP contribution >= 0.6 is 0 Å². The summed E-state index contributed by atoms with van der Waals surface area (Å²) in [6, 6.07) is 6.92. The van der Waals surface area contributed by atoms with E-state index < -0.39 is 18.3 Å². The van der Waals surface area contributed by atoms with E-state index in [1.54, 1.807) is 36.3 Å². The molecule has 1 aromatic rings. The van der Waals surface area contributed by atoms with Crippen molar-refractivity contribution in [2.75, 3.05) is 39.9 Å². The Hall–Kier alpha value is -2.77.